The molecule has 0 radical (unpaired) electrons. The number of anilines is 1. The minimum atomic E-state index is -0.370. The number of carbonyl (C=O) groups is 1. The second-order valence-electron chi connectivity index (χ2n) is 5.25. The first kappa shape index (κ1) is 14.8. The molecule has 0 bridgehead atoms. The lowest BCUT2D eigenvalue weighted by atomic mass is 10.2. The van der Waals surface area contributed by atoms with E-state index in [1.54, 1.807) is 19.1 Å². The van der Waals surface area contributed by atoms with Gasteiger partial charge in [0.05, 0.1) is 12.2 Å². The molecule has 3 aromatic rings. The first-order valence-electron chi connectivity index (χ1n) is 7.32. The van der Waals surface area contributed by atoms with E-state index in [4.69, 9.17) is 0 Å². The van der Waals surface area contributed by atoms with E-state index >= 15 is 0 Å². The fourth-order valence-corrected chi connectivity index (χ4v) is 2.42. The number of aromatic hydroxyl groups is 1. The van der Waals surface area contributed by atoms with Crippen LogP contribution in [-0.4, -0.2) is 20.8 Å². The summed E-state index contributed by atoms with van der Waals surface area (Å²) in [7, 11) is 0. The quantitative estimate of drug-likeness (QED) is 0.778. The van der Waals surface area contributed by atoms with Gasteiger partial charge in [-0.25, -0.2) is 4.68 Å². The van der Waals surface area contributed by atoms with E-state index in [0.717, 1.165) is 5.56 Å². The number of amides is 1. The van der Waals surface area contributed by atoms with Crippen molar-refractivity contribution in [2.24, 2.45) is 0 Å². The summed E-state index contributed by atoms with van der Waals surface area (Å²) < 4.78 is 1.44. The number of rotatable bonds is 4. The Kier molecular flexibility index (Phi) is 4.10. The maximum Gasteiger partial charge on any atom is 0.263 e. The number of para-hydroxylation sites is 1. The van der Waals surface area contributed by atoms with Crippen molar-refractivity contribution in [1.29, 1.82) is 0 Å². The Hall–Kier alpha value is -3.08. The highest BCUT2D eigenvalue weighted by Crippen LogP contribution is 2.23. The second-order valence-corrected chi connectivity index (χ2v) is 5.25. The molecule has 5 nitrogen and oxygen atoms in total. The standard InChI is InChI=1S/C18H17N3O2/c1-13-16(17(22)19-15-10-6-3-7-11-15)18(23)21(20-13)12-14-8-4-2-5-9-14/h2-11,23H,12H2,1H3,(H,19,22). The molecule has 0 saturated heterocycles. The average Bonchev–Trinajstić information content (AvgIpc) is 2.83. The highest BCUT2D eigenvalue weighted by atomic mass is 16.3. The van der Waals surface area contributed by atoms with Crippen LogP contribution >= 0.6 is 0 Å². The molecule has 23 heavy (non-hydrogen) atoms. The van der Waals surface area contributed by atoms with Gasteiger partial charge in [-0.1, -0.05) is 48.5 Å². The van der Waals surface area contributed by atoms with Crippen molar-refractivity contribution in [3.63, 3.8) is 0 Å². The first-order chi connectivity index (χ1) is 11.1. The van der Waals surface area contributed by atoms with Crippen molar-refractivity contribution >= 4 is 11.6 Å². The van der Waals surface area contributed by atoms with Gasteiger partial charge in [-0.05, 0) is 24.6 Å². The highest BCUT2D eigenvalue weighted by molar-refractivity contribution is 6.06. The van der Waals surface area contributed by atoms with E-state index in [1.807, 2.05) is 48.5 Å². The summed E-state index contributed by atoms with van der Waals surface area (Å²) in [6.07, 6.45) is 0. The normalized spacial score (nSPS) is 10.5. The molecular formula is C18H17N3O2. The number of aromatic nitrogens is 2. The Morgan fingerprint density at radius 3 is 2.35 bits per heavy atom. The summed E-state index contributed by atoms with van der Waals surface area (Å²) in [5, 5.41) is 17.4. The largest absolute Gasteiger partial charge is 0.493 e. The highest BCUT2D eigenvalue weighted by Gasteiger charge is 2.21. The summed E-state index contributed by atoms with van der Waals surface area (Å²) in [4.78, 5) is 12.4. The molecule has 2 N–H and O–H groups in total. The zero-order valence-corrected chi connectivity index (χ0v) is 12.7. The molecule has 0 aliphatic carbocycles. The van der Waals surface area contributed by atoms with Gasteiger partial charge in [-0.2, -0.15) is 5.10 Å². The number of carbonyl (C=O) groups excluding carboxylic acids is 1. The van der Waals surface area contributed by atoms with Gasteiger partial charge in [0.25, 0.3) is 5.91 Å². The molecule has 2 aromatic carbocycles. The van der Waals surface area contributed by atoms with E-state index in [1.165, 1.54) is 4.68 Å². The van der Waals surface area contributed by atoms with Crippen LogP contribution in [0.2, 0.25) is 0 Å². The van der Waals surface area contributed by atoms with Crippen LogP contribution < -0.4 is 5.32 Å². The molecule has 0 unspecified atom stereocenters. The van der Waals surface area contributed by atoms with Gasteiger partial charge in [0.2, 0.25) is 5.88 Å². The zero-order valence-electron chi connectivity index (χ0n) is 12.7. The van der Waals surface area contributed by atoms with Crippen molar-refractivity contribution in [2.75, 3.05) is 5.32 Å². The van der Waals surface area contributed by atoms with Crippen LogP contribution in [0.4, 0.5) is 5.69 Å². The van der Waals surface area contributed by atoms with Crippen LogP contribution in [0.1, 0.15) is 21.6 Å². The monoisotopic (exact) mass is 307 g/mol. The van der Waals surface area contributed by atoms with Gasteiger partial charge < -0.3 is 10.4 Å². The third-order valence-corrected chi connectivity index (χ3v) is 3.53. The molecular weight excluding hydrogens is 290 g/mol. The molecule has 0 spiro atoms. The van der Waals surface area contributed by atoms with Crippen molar-refractivity contribution in [1.82, 2.24) is 9.78 Å². The lowest BCUT2D eigenvalue weighted by molar-refractivity contribution is 0.102. The van der Waals surface area contributed by atoms with Crippen LogP contribution in [0.15, 0.2) is 60.7 Å². The third kappa shape index (κ3) is 3.23. The molecule has 0 aliphatic rings. The number of benzene rings is 2. The molecule has 116 valence electrons. The zero-order chi connectivity index (χ0) is 16.2. The molecule has 0 aliphatic heterocycles. The van der Waals surface area contributed by atoms with E-state index in [9.17, 15) is 9.90 Å². The Morgan fingerprint density at radius 1 is 1.09 bits per heavy atom. The van der Waals surface area contributed by atoms with Crippen molar-refractivity contribution in [2.45, 2.75) is 13.5 Å². The lowest BCUT2D eigenvalue weighted by Crippen LogP contribution is -2.12. The number of aryl methyl sites for hydroxylation is 1. The molecule has 0 atom stereocenters. The minimum Gasteiger partial charge on any atom is -0.493 e. The van der Waals surface area contributed by atoms with E-state index < -0.39 is 0 Å². The Balaban J connectivity index is 1.84. The molecule has 3 rings (SSSR count). The fourth-order valence-electron chi connectivity index (χ4n) is 2.42. The summed E-state index contributed by atoms with van der Waals surface area (Å²) in [5.74, 6) is -0.495. The Bertz CT molecular complexity index is 811. The molecule has 1 amide bonds. The molecule has 1 heterocycles. The van der Waals surface area contributed by atoms with E-state index in [2.05, 4.69) is 10.4 Å². The summed E-state index contributed by atoms with van der Waals surface area (Å²) >= 11 is 0. The molecule has 0 saturated carbocycles. The minimum absolute atomic E-state index is 0.125. The number of nitrogens with one attached hydrogen (secondary N) is 1. The van der Waals surface area contributed by atoms with Crippen LogP contribution in [0.3, 0.4) is 0 Å². The van der Waals surface area contributed by atoms with Gasteiger partial charge in [-0.15, -0.1) is 0 Å². The average molecular weight is 307 g/mol. The first-order valence-corrected chi connectivity index (χ1v) is 7.32. The van der Waals surface area contributed by atoms with Crippen molar-refractivity contribution in [3.05, 3.63) is 77.5 Å². The van der Waals surface area contributed by atoms with Gasteiger partial charge in [0.15, 0.2) is 0 Å². The van der Waals surface area contributed by atoms with Gasteiger partial charge >= 0.3 is 0 Å². The molecule has 0 fully saturated rings. The van der Waals surface area contributed by atoms with E-state index in [-0.39, 0.29) is 17.4 Å². The number of hydrogen-bond acceptors (Lipinski definition) is 3. The predicted molar refractivity (Wildman–Crippen MR) is 88.6 cm³/mol. The van der Waals surface area contributed by atoms with Crippen LogP contribution in [0, 0.1) is 6.92 Å². The molecule has 5 heteroatoms. The number of hydrogen-bond donors (Lipinski definition) is 2. The van der Waals surface area contributed by atoms with E-state index in [0.29, 0.717) is 17.9 Å². The Labute approximate surface area is 134 Å². The molecule has 1 aromatic heterocycles. The second kappa shape index (κ2) is 6.36. The maximum absolute atomic E-state index is 12.4. The SMILES string of the molecule is Cc1nn(Cc2ccccc2)c(O)c1C(=O)Nc1ccccc1. The van der Waals surface area contributed by atoms with Gasteiger partial charge in [-0.3, -0.25) is 4.79 Å². The third-order valence-electron chi connectivity index (χ3n) is 3.53. The predicted octanol–water partition coefficient (Wildman–Crippen LogP) is 3.20. The van der Waals surface area contributed by atoms with Crippen molar-refractivity contribution < 1.29 is 9.90 Å². The summed E-state index contributed by atoms with van der Waals surface area (Å²) in [6, 6.07) is 18.8. The van der Waals surface area contributed by atoms with Gasteiger partial charge in [0.1, 0.15) is 5.56 Å². The van der Waals surface area contributed by atoms with Gasteiger partial charge in [0, 0.05) is 5.69 Å². The van der Waals surface area contributed by atoms with Crippen LogP contribution in [-0.2, 0) is 6.54 Å². The van der Waals surface area contributed by atoms with Crippen molar-refractivity contribution in [3.8, 4) is 5.88 Å². The van der Waals surface area contributed by atoms with Crippen LogP contribution in [0.5, 0.6) is 5.88 Å². The maximum atomic E-state index is 12.4. The fraction of sp³-hybridized carbons (Fsp3) is 0.111. The van der Waals surface area contributed by atoms with Crippen LogP contribution in [0.25, 0.3) is 0 Å². The smallest absolute Gasteiger partial charge is 0.263 e. The Morgan fingerprint density at radius 2 is 1.70 bits per heavy atom. The topological polar surface area (TPSA) is 67.1 Å². The summed E-state index contributed by atoms with van der Waals surface area (Å²) in [6.45, 7) is 2.12. The lowest BCUT2D eigenvalue weighted by Gasteiger charge is -2.06. The summed E-state index contributed by atoms with van der Waals surface area (Å²) in [5.41, 5.74) is 2.36. The number of nitrogens with zero attached hydrogens (tertiary/aromatic N) is 2.